The number of nitrogens with one attached hydrogen (secondary N) is 1. The lowest BCUT2D eigenvalue weighted by molar-refractivity contribution is 0.341. The molecule has 0 saturated carbocycles. The second-order valence-corrected chi connectivity index (χ2v) is 4.08. The maximum Gasteiger partial charge on any atom is 0.163 e. The number of nitrogens with zero attached hydrogens (tertiary/aromatic N) is 2. The maximum absolute atomic E-state index is 5.62. The first-order valence-corrected chi connectivity index (χ1v) is 6.60. The summed E-state index contributed by atoms with van der Waals surface area (Å²) in [6.45, 7) is 6.36. The van der Waals surface area contributed by atoms with Gasteiger partial charge in [0.25, 0.3) is 0 Å². The fourth-order valence-electron chi connectivity index (χ4n) is 1.81. The Kier molecular flexibility index (Phi) is 4.86. The minimum absolute atomic E-state index is 0.633. The fraction of sp³-hybridized carbons (Fsp3) is 0.333. The van der Waals surface area contributed by atoms with Crippen LogP contribution in [0.4, 0.5) is 0 Å². The predicted octanol–water partition coefficient (Wildman–Crippen LogP) is 2.65. The van der Waals surface area contributed by atoms with E-state index >= 15 is 0 Å². The lowest BCUT2D eigenvalue weighted by atomic mass is 10.2. The van der Waals surface area contributed by atoms with Gasteiger partial charge in [0.1, 0.15) is 5.75 Å². The molecule has 0 amide bonds. The first kappa shape index (κ1) is 13.5. The minimum atomic E-state index is 0.633. The van der Waals surface area contributed by atoms with E-state index in [1.54, 1.807) is 6.20 Å². The lowest BCUT2D eigenvalue weighted by Gasteiger charge is -2.09. The van der Waals surface area contributed by atoms with Gasteiger partial charge in [0, 0.05) is 12.7 Å². The molecule has 0 aliphatic rings. The molecule has 0 saturated heterocycles. The summed E-state index contributed by atoms with van der Waals surface area (Å²) in [5, 5.41) is 3.26. The van der Waals surface area contributed by atoms with Crippen LogP contribution in [0, 0.1) is 0 Å². The average Bonchev–Trinajstić information content (AvgIpc) is 2.46. The van der Waals surface area contributed by atoms with Gasteiger partial charge in [-0.15, -0.1) is 0 Å². The zero-order valence-electron chi connectivity index (χ0n) is 11.4. The van der Waals surface area contributed by atoms with Gasteiger partial charge in [0.05, 0.1) is 17.9 Å². The molecular formula is C15H19N3O. The molecule has 0 bridgehead atoms. The van der Waals surface area contributed by atoms with E-state index in [-0.39, 0.29) is 0 Å². The van der Waals surface area contributed by atoms with E-state index in [2.05, 4.69) is 22.2 Å². The van der Waals surface area contributed by atoms with Crippen molar-refractivity contribution in [3.05, 3.63) is 42.2 Å². The molecule has 1 heterocycles. The van der Waals surface area contributed by atoms with Crippen LogP contribution in [0.15, 0.2) is 36.5 Å². The molecule has 0 aliphatic carbocycles. The molecule has 1 aromatic carbocycles. The monoisotopic (exact) mass is 257 g/mol. The molecule has 2 aromatic rings. The number of aromatic nitrogens is 2. The molecule has 0 spiro atoms. The summed E-state index contributed by atoms with van der Waals surface area (Å²) >= 11 is 0. The van der Waals surface area contributed by atoms with E-state index in [9.17, 15) is 0 Å². The number of rotatable bonds is 6. The van der Waals surface area contributed by atoms with E-state index in [1.165, 1.54) is 0 Å². The zero-order chi connectivity index (χ0) is 13.5. The molecule has 1 aromatic heterocycles. The number of hydrogen-bond acceptors (Lipinski definition) is 4. The van der Waals surface area contributed by atoms with Crippen molar-refractivity contribution in [3.63, 3.8) is 0 Å². The number of benzene rings is 1. The van der Waals surface area contributed by atoms with Gasteiger partial charge in [-0.05, 0) is 31.7 Å². The Labute approximate surface area is 113 Å². The second kappa shape index (κ2) is 6.85. The molecule has 0 aliphatic heterocycles. The van der Waals surface area contributed by atoms with Crippen molar-refractivity contribution in [1.82, 2.24) is 15.3 Å². The molecule has 0 fully saturated rings. The predicted molar refractivity (Wildman–Crippen MR) is 76.0 cm³/mol. The van der Waals surface area contributed by atoms with Crippen molar-refractivity contribution < 1.29 is 4.74 Å². The molecule has 4 nitrogen and oxygen atoms in total. The van der Waals surface area contributed by atoms with Gasteiger partial charge < -0.3 is 10.1 Å². The molecule has 2 rings (SSSR count). The van der Waals surface area contributed by atoms with Crippen molar-refractivity contribution >= 4 is 0 Å². The molecule has 1 N–H and O–H groups in total. The van der Waals surface area contributed by atoms with Crippen LogP contribution in [0.5, 0.6) is 5.75 Å². The number of para-hydroxylation sites is 1. The van der Waals surface area contributed by atoms with Crippen LogP contribution >= 0.6 is 0 Å². The summed E-state index contributed by atoms with van der Waals surface area (Å²) in [5.41, 5.74) is 1.92. The molecule has 0 atom stereocenters. The van der Waals surface area contributed by atoms with Gasteiger partial charge >= 0.3 is 0 Å². The van der Waals surface area contributed by atoms with Gasteiger partial charge in [0.15, 0.2) is 5.82 Å². The maximum atomic E-state index is 5.62. The summed E-state index contributed by atoms with van der Waals surface area (Å²) in [7, 11) is 0. The number of ether oxygens (including phenoxy) is 1. The van der Waals surface area contributed by atoms with Crippen LogP contribution in [0.3, 0.4) is 0 Å². The Morgan fingerprint density at radius 2 is 2.00 bits per heavy atom. The highest BCUT2D eigenvalue weighted by atomic mass is 16.5. The summed E-state index contributed by atoms with van der Waals surface area (Å²) < 4.78 is 5.62. The minimum Gasteiger partial charge on any atom is -0.493 e. The molecule has 4 heteroatoms. The molecular weight excluding hydrogens is 238 g/mol. The van der Waals surface area contributed by atoms with E-state index < -0.39 is 0 Å². The fourth-order valence-corrected chi connectivity index (χ4v) is 1.81. The normalized spacial score (nSPS) is 10.4. The Morgan fingerprint density at radius 3 is 2.79 bits per heavy atom. The topological polar surface area (TPSA) is 47.0 Å². The second-order valence-electron chi connectivity index (χ2n) is 4.08. The Bertz CT molecular complexity index is 528. The Morgan fingerprint density at radius 1 is 1.16 bits per heavy atom. The molecule has 0 unspecified atom stereocenters. The Hall–Kier alpha value is -1.94. The van der Waals surface area contributed by atoms with Crippen molar-refractivity contribution in [2.24, 2.45) is 0 Å². The largest absolute Gasteiger partial charge is 0.493 e. The smallest absolute Gasteiger partial charge is 0.163 e. The lowest BCUT2D eigenvalue weighted by Crippen LogP contribution is -2.13. The van der Waals surface area contributed by atoms with Gasteiger partial charge in [-0.1, -0.05) is 19.1 Å². The van der Waals surface area contributed by atoms with E-state index in [4.69, 9.17) is 4.74 Å². The first-order valence-electron chi connectivity index (χ1n) is 6.60. The first-order chi connectivity index (χ1) is 9.35. The van der Waals surface area contributed by atoms with Crippen LogP contribution in [0.25, 0.3) is 11.4 Å². The third-order valence-corrected chi connectivity index (χ3v) is 2.70. The van der Waals surface area contributed by atoms with Gasteiger partial charge in [0.2, 0.25) is 0 Å². The summed E-state index contributed by atoms with van der Waals surface area (Å²) in [4.78, 5) is 8.91. The van der Waals surface area contributed by atoms with Crippen molar-refractivity contribution in [2.45, 2.75) is 20.4 Å². The zero-order valence-corrected chi connectivity index (χ0v) is 11.4. The van der Waals surface area contributed by atoms with Crippen LogP contribution in [0.1, 0.15) is 19.5 Å². The summed E-state index contributed by atoms with van der Waals surface area (Å²) in [6, 6.07) is 9.78. The van der Waals surface area contributed by atoms with E-state index in [1.807, 2.05) is 37.3 Å². The number of hydrogen-bond donors (Lipinski definition) is 1. The third-order valence-electron chi connectivity index (χ3n) is 2.70. The van der Waals surface area contributed by atoms with Crippen LogP contribution in [-0.4, -0.2) is 23.1 Å². The third kappa shape index (κ3) is 3.51. The van der Waals surface area contributed by atoms with Gasteiger partial charge in [-0.2, -0.15) is 0 Å². The van der Waals surface area contributed by atoms with Crippen LogP contribution < -0.4 is 10.1 Å². The van der Waals surface area contributed by atoms with Crippen LogP contribution in [-0.2, 0) is 6.54 Å². The standard InChI is InChI=1S/C15H19N3O/c1-3-16-11-12-9-10-17-15(18-12)13-7-5-6-8-14(13)19-4-2/h5-10,16H,3-4,11H2,1-2H3. The molecule has 19 heavy (non-hydrogen) atoms. The Balaban J connectivity index is 2.30. The summed E-state index contributed by atoms with van der Waals surface area (Å²) in [5.74, 6) is 1.53. The van der Waals surface area contributed by atoms with Crippen molar-refractivity contribution in [3.8, 4) is 17.1 Å². The van der Waals surface area contributed by atoms with Crippen molar-refractivity contribution in [1.29, 1.82) is 0 Å². The quantitative estimate of drug-likeness (QED) is 0.864. The van der Waals surface area contributed by atoms with E-state index in [0.717, 1.165) is 30.1 Å². The van der Waals surface area contributed by atoms with Crippen LogP contribution in [0.2, 0.25) is 0 Å². The average molecular weight is 257 g/mol. The highest BCUT2D eigenvalue weighted by Crippen LogP contribution is 2.26. The SMILES string of the molecule is CCNCc1ccnc(-c2ccccc2OCC)n1. The van der Waals surface area contributed by atoms with Gasteiger partial charge in [-0.3, -0.25) is 0 Å². The van der Waals surface area contributed by atoms with E-state index in [0.29, 0.717) is 12.4 Å². The molecule has 100 valence electrons. The molecule has 0 radical (unpaired) electrons. The summed E-state index contributed by atoms with van der Waals surface area (Å²) in [6.07, 6.45) is 1.79. The van der Waals surface area contributed by atoms with Crippen molar-refractivity contribution in [2.75, 3.05) is 13.2 Å². The highest BCUT2D eigenvalue weighted by Gasteiger charge is 2.08. The van der Waals surface area contributed by atoms with Gasteiger partial charge in [-0.25, -0.2) is 9.97 Å². The highest BCUT2D eigenvalue weighted by molar-refractivity contribution is 5.63.